The molecule has 0 bridgehead atoms. The Bertz CT molecular complexity index is 1160. The van der Waals surface area contributed by atoms with Gasteiger partial charge in [-0.05, 0) is 60.7 Å². The maximum absolute atomic E-state index is 13.3. The topological polar surface area (TPSA) is 79.2 Å². The number of hydrogen-bond donors (Lipinski definition) is 1. The lowest BCUT2D eigenvalue weighted by molar-refractivity contribution is -0.118. The first kappa shape index (κ1) is 21.5. The molecule has 3 aromatic carbocycles. The van der Waals surface area contributed by atoms with Crippen LogP contribution in [-0.4, -0.2) is 18.3 Å². The van der Waals surface area contributed by atoms with Crippen molar-refractivity contribution in [3.63, 3.8) is 0 Å². The number of benzene rings is 3. The van der Waals surface area contributed by atoms with E-state index in [0.717, 1.165) is 6.07 Å². The molecular weight excluding hydrogens is 475 g/mol. The van der Waals surface area contributed by atoms with Crippen molar-refractivity contribution in [1.29, 1.82) is 5.26 Å². The Morgan fingerprint density at radius 2 is 1.83 bits per heavy atom. The van der Waals surface area contributed by atoms with Gasteiger partial charge in [-0.1, -0.05) is 27.5 Å². The van der Waals surface area contributed by atoms with E-state index in [1.54, 1.807) is 48.5 Å². The van der Waals surface area contributed by atoms with Gasteiger partial charge in [0.05, 0.1) is 5.56 Å². The predicted molar refractivity (Wildman–Crippen MR) is 114 cm³/mol. The van der Waals surface area contributed by atoms with E-state index in [2.05, 4.69) is 21.2 Å². The summed E-state index contributed by atoms with van der Waals surface area (Å²) < 4.78 is 19.4. The van der Waals surface area contributed by atoms with E-state index < -0.39 is 11.7 Å². The van der Waals surface area contributed by atoms with Crippen molar-refractivity contribution in [3.05, 3.63) is 92.7 Å². The molecular formula is C22H13BrClFN2O3. The molecule has 0 spiro atoms. The van der Waals surface area contributed by atoms with E-state index in [4.69, 9.17) is 21.6 Å². The van der Waals surface area contributed by atoms with Crippen LogP contribution in [0, 0.1) is 17.1 Å². The van der Waals surface area contributed by atoms with Gasteiger partial charge >= 0.3 is 0 Å². The van der Waals surface area contributed by atoms with Crippen molar-refractivity contribution in [1.82, 2.24) is 0 Å². The van der Waals surface area contributed by atoms with Crippen LogP contribution in [0.1, 0.15) is 21.5 Å². The second kappa shape index (κ2) is 9.53. The number of ketones is 1. The fourth-order valence-corrected chi connectivity index (χ4v) is 3.16. The average Bonchev–Trinajstić information content (AvgIpc) is 2.75. The van der Waals surface area contributed by atoms with Crippen LogP contribution >= 0.6 is 27.5 Å². The lowest BCUT2D eigenvalue weighted by atomic mass is 10.0. The summed E-state index contributed by atoms with van der Waals surface area (Å²) in [4.78, 5) is 24.6. The molecule has 0 unspecified atom stereocenters. The Labute approximate surface area is 185 Å². The number of hydrogen-bond acceptors (Lipinski definition) is 4. The van der Waals surface area contributed by atoms with Gasteiger partial charge in [0, 0.05) is 26.3 Å². The number of nitriles is 1. The third-order valence-corrected chi connectivity index (χ3v) is 4.96. The van der Waals surface area contributed by atoms with Crippen molar-refractivity contribution in [2.75, 3.05) is 11.9 Å². The molecule has 0 aromatic heterocycles. The Morgan fingerprint density at radius 3 is 2.53 bits per heavy atom. The molecule has 3 rings (SSSR count). The highest BCUT2D eigenvalue weighted by atomic mass is 79.9. The minimum absolute atomic E-state index is 0.166. The number of anilines is 1. The van der Waals surface area contributed by atoms with E-state index in [9.17, 15) is 14.0 Å². The Balaban J connectivity index is 1.60. The summed E-state index contributed by atoms with van der Waals surface area (Å²) in [7, 11) is 0. The highest BCUT2D eigenvalue weighted by Gasteiger charge is 2.14. The number of carbonyl (C=O) groups excluding carboxylic acids is 2. The third-order valence-electron chi connectivity index (χ3n) is 4.03. The van der Waals surface area contributed by atoms with Crippen molar-refractivity contribution < 1.29 is 18.7 Å². The lowest BCUT2D eigenvalue weighted by Gasteiger charge is -2.09. The first-order chi connectivity index (χ1) is 14.4. The largest absolute Gasteiger partial charge is 0.484 e. The standard InChI is InChI=1S/C22H13BrClFN2O3/c23-19-7-3-15(24)10-18(19)22(29)13-1-5-17(6-2-13)30-12-21(28)27-16-4-8-20(25)14(9-16)11-26/h1-10H,12H2,(H,27,28). The molecule has 0 heterocycles. The average molecular weight is 488 g/mol. The van der Waals surface area contributed by atoms with Gasteiger partial charge in [0.1, 0.15) is 17.6 Å². The van der Waals surface area contributed by atoms with E-state index in [1.807, 2.05) is 0 Å². The van der Waals surface area contributed by atoms with Gasteiger partial charge in [0.15, 0.2) is 12.4 Å². The zero-order valence-electron chi connectivity index (χ0n) is 15.3. The molecule has 0 aliphatic carbocycles. The molecule has 1 N–H and O–H groups in total. The van der Waals surface area contributed by atoms with Gasteiger partial charge in [-0.2, -0.15) is 5.26 Å². The van der Waals surface area contributed by atoms with Gasteiger partial charge in [0.2, 0.25) is 0 Å². The summed E-state index contributed by atoms with van der Waals surface area (Å²) in [6.45, 7) is -0.299. The summed E-state index contributed by atoms with van der Waals surface area (Å²) in [5.41, 5.74) is 0.992. The predicted octanol–water partition coefficient (Wildman–Crippen LogP) is 5.36. The van der Waals surface area contributed by atoms with Gasteiger partial charge in [0.25, 0.3) is 5.91 Å². The summed E-state index contributed by atoms with van der Waals surface area (Å²) in [6.07, 6.45) is 0. The minimum Gasteiger partial charge on any atom is -0.484 e. The molecule has 0 atom stereocenters. The van der Waals surface area contributed by atoms with E-state index in [-0.39, 0.29) is 23.6 Å². The van der Waals surface area contributed by atoms with Crippen LogP contribution in [0.25, 0.3) is 0 Å². The molecule has 0 aliphatic heterocycles. The first-order valence-electron chi connectivity index (χ1n) is 8.59. The number of carbonyl (C=O) groups is 2. The quantitative estimate of drug-likeness (QED) is 0.475. The van der Waals surface area contributed by atoms with E-state index in [0.29, 0.717) is 26.4 Å². The highest BCUT2D eigenvalue weighted by Crippen LogP contribution is 2.24. The fourth-order valence-electron chi connectivity index (χ4n) is 2.56. The SMILES string of the molecule is N#Cc1cc(NC(=O)COc2ccc(C(=O)c3cc(Cl)ccc3Br)cc2)ccc1F. The smallest absolute Gasteiger partial charge is 0.262 e. The fraction of sp³-hybridized carbons (Fsp3) is 0.0455. The normalized spacial score (nSPS) is 10.2. The summed E-state index contributed by atoms with van der Waals surface area (Å²) in [6, 6.07) is 16.7. The Morgan fingerprint density at radius 1 is 1.10 bits per heavy atom. The van der Waals surface area contributed by atoms with E-state index >= 15 is 0 Å². The maximum Gasteiger partial charge on any atom is 0.262 e. The molecule has 0 aliphatic rings. The van der Waals surface area contributed by atoms with Crippen LogP contribution in [0.5, 0.6) is 5.75 Å². The number of ether oxygens (including phenoxy) is 1. The van der Waals surface area contributed by atoms with Gasteiger partial charge in [-0.3, -0.25) is 9.59 Å². The second-order valence-electron chi connectivity index (χ2n) is 6.12. The number of nitrogens with zero attached hydrogens (tertiary/aromatic N) is 1. The Hall–Kier alpha value is -3.21. The molecule has 0 saturated carbocycles. The molecule has 0 saturated heterocycles. The number of rotatable bonds is 6. The molecule has 3 aromatic rings. The van der Waals surface area contributed by atoms with Crippen molar-refractivity contribution >= 4 is 44.9 Å². The van der Waals surface area contributed by atoms with Crippen molar-refractivity contribution in [2.24, 2.45) is 0 Å². The van der Waals surface area contributed by atoms with Crippen LogP contribution in [0.3, 0.4) is 0 Å². The molecule has 150 valence electrons. The zero-order chi connectivity index (χ0) is 21.7. The molecule has 8 heteroatoms. The van der Waals surface area contributed by atoms with Gasteiger partial charge in [-0.25, -0.2) is 4.39 Å². The van der Waals surface area contributed by atoms with Crippen LogP contribution in [0.2, 0.25) is 5.02 Å². The summed E-state index contributed by atoms with van der Waals surface area (Å²) in [5, 5.41) is 11.8. The number of amides is 1. The van der Waals surface area contributed by atoms with Crippen LogP contribution in [0.4, 0.5) is 10.1 Å². The molecule has 0 fully saturated rings. The maximum atomic E-state index is 13.3. The van der Waals surface area contributed by atoms with E-state index in [1.165, 1.54) is 12.1 Å². The lowest BCUT2D eigenvalue weighted by Crippen LogP contribution is -2.20. The second-order valence-corrected chi connectivity index (χ2v) is 7.41. The number of nitrogens with one attached hydrogen (secondary N) is 1. The summed E-state index contributed by atoms with van der Waals surface area (Å²) in [5.74, 6) is -0.957. The number of halogens is 3. The van der Waals surface area contributed by atoms with Crippen LogP contribution in [0.15, 0.2) is 65.1 Å². The Kier molecular flexibility index (Phi) is 6.83. The molecule has 0 radical (unpaired) electrons. The third kappa shape index (κ3) is 5.23. The highest BCUT2D eigenvalue weighted by molar-refractivity contribution is 9.10. The first-order valence-corrected chi connectivity index (χ1v) is 9.76. The van der Waals surface area contributed by atoms with Crippen molar-refractivity contribution in [3.8, 4) is 11.8 Å². The molecule has 1 amide bonds. The monoisotopic (exact) mass is 486 g/mol. The summed E-state index contributed by atoms with van der Waals surface area (Å²) >= 11 is 9.30. The van der Waals surface area contributed by atoms with Gasteiger partial charge < -0.3 is 10.1 Å². The zero-order valence-corrected chi connectivity index (χ0v) is 17.6. The minimum atomic E-state index is -0.661. The molecule has 5 nitrogen and oxygen atoms in total. The molecule has 30 heavy (non-hydrogen) atoms. The van der Waals surface area contributed by atoms with Crippen molar-refractivity contribution in [2.45, 2.75) is 0 Å². The van der Waals surface area contributed by atoms with Crippen LogP contribution < -0.4 is 10.1 Å². The van der Waals surface area contributed by atoms with Gasteiger partial charge in [-0.15, -0.1) is 0 Å². The van der Waals surface area contributed by atoms with Crippen LogP contribution in [-0.2, 0) is 4.79 Å².